The predicted octanol–water partition coefficient (Wildman–Crippen LogP) is 4.87. The van der Waals surface area contributed by atoms with Crippen molar-refractivity contribution in [3.63, 3.8) is 0 Å². The molecular weight excluding hydrogens is 542 g/mol. The summed E-state index contributed by atoms with van der Waals surface area (Å²) in [6.07, 6.45) is 3.92. The molecular formula is C23H21Br2N3O4. The molecule has 0 radical (unpaired) electrons. The van der Waals surface area contributed by atoms with Gasteiger partial charge < -0.3 is 15.4 Å². The van der Waals surface area contributed by atoms with E-state index in [1.807, 2.05) is 25.1 Å². The molecule has 32 heavy (non-hydrogen) atoms. The van der Waals surface area contributed by atoms with E-state index in [-0.39, 0.29) is 12.2 Å². The summed E-state index contributed by atoms with van der Waals surface area (Å²) in [5.41, 5.74) is 2.36. The Morgan fingerprint density at radius 2 is 1.91 bits per heavy atom. The SMILES string of the molecule is C=CCOc1c(Br)cc(/C=C2\NC(=O)N(CC(=O)Nc3ccccc3CC)C2=O)cc1Br. The highest BCUT2D eigenvalue weighted by atomic mass is 79.9. The van der Waals surface area contributed by atoms with Gasteiger partial charge in [-0.2, -0.15) is 0 Å². The first-order chi connectivity index (χ1) is 15.3. The van der Waals surface area contributed by atoms with Crippen LogP contribution in [-0.4, -0.2) is 35.9 Å². The normalized spacial score (nSPS) is 14.5. The number of imide groups is 1. The smallest absolute Gasteiger partial charge is 0.329 e. The molecule has 2 N–H and O–H groups in total. The number of anilines is 1. The molecule has 9 heteroatoms. The fraction of sp³-hybridized carbons (Fsp3) is 0.174. The van der Waals surface area contributed by atoms with Gasteiger partial charge in [-0.1, -0.05) is 37.8 Å². The Balaban J connectivity index is 1.73. The molecule has 3 rings (SSSR count). The van der Waals surface area contributed by atoms with Crippen LogP contribution in [0.2, 0.25) is 0 Å². The summed E-state index contributed by atoms with van der Waals surface area (Å²) in [5, 5.41) is 5.29. The number of ether oxygens (including phenoxy) is 1. The molecule has 1 aliphatic rings. The fourth-order valence-electron chi connectivity index (χ4n) is 3.11. The predicted molar refractivity (Wildman–Crippen MR) is 130 cm³/mol. The summed E-state index contributed by atoms with van der Waals surface area (Å²) in [7, 11) is 0. The fourth-order valence-corrected chi connectivity index (χ4v) is 4.56. The van der Waals surface area contributed by atoms with Gasteiger partial charge in [0.25, 0.3) is 5.91 Å². The Morgan fingerprint density at radius 3 is 2.56 bits per heavy atom. The quantitative estimate of drug-likeness (QED) is 0.273. The molecule has 1 aliphatic heterocycles. The van der Waals surface area contributed by atoms with Crippen molar-refractivity contribution in [2.45, 2.75) is 13.3 Å². The van der Waals surface area contributed by atoms with Crippen LogP contribution in [0, 0.1) is 0 Å². The highest BCUT2D eigenvalue weighted by Gasteiger charge is 2.35. The maximum absolute atomic E-state index is 12.7. The number of hydrogen-bond acceptors (Lipinski definition) is 4. The number of nitrogens with zero attached hydrogens (tertiary/aromatic N) is 1. The van der Waals surface area contributed by atoms with Gasteiger partial charge in [-0.3, -0.25) is 9.59 Å². The molecule has 0 atom stereocenters. The van der Waals surface area contributed by atoms with Gasteiger partial charge in [0.2, 0.25) is 5.91 Å². The first-order valence-corrected chi connectivity index (χ1v) is 11.4. The number of urea groups is 1. The van der Waals surface area contributed by atoms with Gasteiger partial charge in [-0.05, 0) is 73.7 Å². The average Bonchev–Trinajstić information content (AvgIpc) is 3.01. The summed E-state index contributed by atoms with van der Waals surface area (Å²) in [6, 6.07) is 10.3. The average molecular weight is 563 g/mol. The zero-order valence-electron chi connectivity index (χ0n) is 17.3. The number of aryl methyl sites for hydroxylation is 1. The molecule has 2 aromatic rings. The summed E-state index contributed by atoms with van der Waals surface area (Å²) in [4.78, 5) is 38.4. The van der Waals surface area contributed by atoms with E-state index in [9.17, 15) is 14.4 Å². The Morgan fingerprint density at radius 1 is 1.22 bits per heavy atom. The standard InChI is InChI=1S/C23H21Br2N3O4/c1-3-9-32-21-16(24)10-14(11-17(21)25)12-19-22(30)28(23(31)27-19)13-20(29)26-18-8-6-5-7-15(18)4-2/h3,5-8,10-12H,1,4,9,13H2,2H3,(H,26,29)(H,27,31)/b19-12-. The minimum absolute atomic E-state index is 0.0790. The van der Waals surface area contributed by atoms with Gasteiger partial charge in [-0.25, -0.2) is 9.69 Å². The van der Waals surface area contributed by atoms with Crippen molar-refractivity contribution < 1.29 is 19.1 Å². The van der Waals surface area contributed by atoms with E-state index in [1.54, 1.807) is 24.3 Å². The number of para-hydroxylation sites is 1. The lowest BCUT2D eigenvalue weighted by Gasteiger charge is -2.13. The van der Waals surface area contributed by atoms with Crippen molar-refractivity contribution in [2.24, 2.45) is 0 Å². The molecule has 0 saturated carbocycles. The van der Waals surface area contributed by atoms with Crippen LogP contribution in [0.4, 0.5) is 10.5 Å². The van der Waals surface area contributed by atoms with Gasteiger partial charge >= 0.3 is 6.03 Å². The second-order valence-corrected chi connectivity index (χ2v) is 8.56. The van der Waals surface area contributed by atoms with Crippen molar-refractivity contribution in [3.05, 3.63) is 74.8 Å². The second-order valence-electron chi connectivity index (χ2n) is 6.85. The molecule has 1 saturated heterocycles. The first kappa shape index (κ1) is 23.7. The summed E-state index contributed by atoms with van der Waals surface area (Å²) < 4.78 is 6.92. The van der Waals surface area contributed by atoms with E-state index >= 15 is 0 Å². The van der Waals surface area contributed by atoms with Crippen molar-refractivity contribution in [1.29, 1.82) is 0 Å². The topological polar surface area (TPSA) is 87.7 Å². The number of carbonyl (C=O) groups excluding carboxylic acids is 3. The van der Waals surface area contributed by atoms with Gasteiger partial charge in [0.15, 0.2) is 0 Å². The number of halogens is 2. The van der Waals surface area contributed by atoms with Gasteiger partial charge in [-0.15, -0.1) is 0 Å². The van der Waals surface area contributed by atoms with E-state index in [4.69, 9.17) is 4.74 Å². The van der Waals surface area contributed by atoms with Gasteiger partial charge in [0.1, 0.15) is 24.6 Å². The summed E-state index contributed by atoms with van der Waals surface area (Å²) in [5.74, 6) is -0.433. The minimum Gasteiger partial charge on any atom is -0.487 e. The molecule has 0 aliphatic carbocycles. The lowest BCUT2D eigenvalue weighted by Crippen LogP contribution is -2.38. The molecule has 1 heterocycles. The molecule has 4 amide bonds. The Hall–Kier alpha value is -2.91. The first-order valence-electron chi connectivity index (χ1n) is 9.79. The number of hydrogen-bond donors (Lipinski definition) is 2. The van der Waals surface area contributed by atoms with Crippen LogP contribution >= 0.6 is 31.9 Å². The molecule has 0 unspecified atom stereocenters. The van der Waals surface area contributed by atoms with E-state index in [2.05, 4.69) is 49.1 Å². The summed E-state index contributed by atoms with van der Waals surface area (Å²) in [6.45, 7) is 5.55. The van der Waals surface area contributed by atoms with Crippen LogP contribution in [0.5, 0.6) is 5.75 Å². The zero-order chi connectivity index (χ0) is 23.3. The Kier molecular flexibility index (Phi) is 7.87. The third kappa shape index (κ3) is 5.46. The van der Waals surface area contributed by atoms with E-state index in [0.717, 1.165) is 16.9 Å². The molecule has 0 spiro atoms. The Labute approximate surface area is 202 Å². The van der Waals surface area contributed by atoms with Crippen LogP contribution in [0.3, 0.4) is 0 Å². The van der Waals surface area contributed by atoms with Crippen LogP contribution < -0.4 is 15.4 Å². The summed E-state index contributed by atoms with van der Waals surface area (Å²) >= 11 is 6.88. The molecule has 0 bridgehead atoms. The third-order valence-electron chi connectivity index (χ3n) is 4.61. The van der Waals surface area contributed by atoms with Crippen molar-refractivity contribution >= 4 is 61.5 Å². The lowest BCUT2D eigenvalue weighted by atomic mass is 10.1. The van der Waals surface area contributed by atoms with Gasteiger partial charge in [0, 0.05) is 5.69 Å². The van der Waals surface area contributed by atoms with Crippen molar-refractivity contribution in [2.75, 3.05) is 18.5 Å². The van der Waals surface area contributed by atoms with Crippen LogP contribution in [-0.2, 0) is 16.0 Å². The van der Waals surface area contributed by atoms with Crippen LogP contribution in [0.25, 0.3) is 6.08 Å². The minimum atomic E-state index is -0.649. The van der Waals surface area contributed by atoms with Crippen molar-refractivity contribution in [1.82, 2.24) is 10.2 Å². The largest absolute Gasteiger partial charge is 0.487 e. The number of benzene rings is 2. The molecule has 0 aromatic heterocycles. The monoisotopic (exact) mass is 561 g/mol. The van der Waals surface area contributed by atoms with E-state index < -0.39 is 17.8 Å². The maximum Gasteiger partial charge on any atom is 0.329 e. The molecule has 7 nitrogen and oxygen atoms in total. The Bertz CT molecular complexity index is 1090. The molecule has 166 valence electrons. The van der Waals surface area contributed by atoms with Crippen molar-refractivity contribution in [3.8, 4) is 5.75 Å². The number of rotatable bonds is 8. The molecule has 1 fully saturated rings. The zero-order valence-corrected chi connectivity index (χ0v) is 20.5. The number of carbonyl (C=O) groups is 3. The van der Waals surface area contributed by atoms with E-state index in [1.165, 1.54) is 6.08 Å². The van der Waals surface area contributed by atoms with E-state index in [0.29, 0.717) is 32.6 Å². The number of nitrogens with one attached hydrogen (secondary N) is 2. The number of amides is 4. The van der Waals surface area contributed by atoms with Gasteiger partial charge in [0.05, 0.1) is 8.95 Å². The maximum atomic E-state index is 12.7. The second kappa shape index (κ2) is 10.6. The molecule has 2 aromatic carbocycles. The lowest BCUT2D eigenvalue weighted by molar-refractivity contribution is -0.127. The highest BCUT2D eigenvalue weighted by molar-refractivity contribution is 9.11. The van der Waals surface area contributed by atoms with Crippen LogP contribution in [0.1, 0.15) is 18.1 Å². The third-order valence-corrected chi connectivity index (χ3v) is 5.79. The highest BCUT2D eigenvalue weighted by Crippen LogP contribution is 2.35. The van der Waals surface area contributed by atoms with Crippen LogP contribution in [0.15, 0.2) is 63.7 Å².